The molecule has 0 bridgehead atoms. The van der Waals surface area contributed by atoms with E-state index in [1.54, 1.807) is 27.7 Å². The number of fused-ring (bicyclic) bond motifs is 2. The second kappa shape index (κ2) is 15.9. The van der Waals surface area contributed by atoms with Gasteiger partial charge in [0.2, 0.25) is 18.8 Å². The summed E-state index contributed by atoms with van der Waals surface area (Å²) in [5, 5.41) is 10.4. The Kier molecular flexibility index (Phi) is 11.7. The third-order valence-electron chi connectivity index (χ3n) is 10.4. The molecule has 2 aromatic rings. The Bertz CT molecular complexity index is 1860. The molecule has 2 heterocycles. The van der Waals surface area contributed by atoms with Crippen LogP contribution in [0.2, 0.25) is 0 Å². The molecule has 2 saturated heterocycles. The average molecular weight is 758 g/mol. The fraction of sp³-hybridized carbons (Fsp3) is 0.488. The van der Waals surface area contributed by atoms with E-state index in [0.717, 1.165) is 36.8 Å². The highest BCUT2D eigenvalue weighted by Crippen LogP contribution is 2.51. The summed E-state index contributed by atoms with van der Waals surface area (Å²) in [6, 6.07) is 10.0. The van der Waals surface area contributed by atoms with Gasteiger partial charge in [-0.1, -0.05) is 38.8 Å². The first-order valence-corrected chi connectivity index (χ1v) is 18.8. The Hall–Kier alpha value is -3.80. The molecule has 2 fully saturated rings. The molecule has 0 aromatic heterocycles. The van der Waals surface area contributed by atoms with Crippen molar-refractivity contribution < 1.29 is 46.3 Å². The largest absolute Gasteiger partial charge is 0.478 e. The number of benzene rings is 2. The zero-order valence-corrected chi connectivity index (χ0v) is 30.9. The van der Waals surface area contributed by atoms with E-state index < -0.39 is 49.4 Å². The number of nitrogens with zero attached hydrogens (tertiary/aromatic N) is 2. The van der Waals surface area contributed by atoms with Gasteiger partial charge in [0, 0.05) is 54.3 Å². The van der Waals surface area contributed by atoms with E-state index in [0.29, 0.717) is 78.0 Å². The third-order valence-corrected chi connectivity index (χ3v) is 10.7. The minimum Gasteiger partial charge on any atom is -0.478 e. The molecule has 1 N–H and O–H groups in total. The van der Waals surface area contributed by atoms with Gasteiger partial charge >= 0.3 is 11.9 Å². The molecular formula is C41H46ClF4N2O5+. The maximum absolute atomic E-state index is 13.9. The predicted octanol–water partition coefficient (Wildman–Crippen LogP) is 8.33. The molecule has 0 saturated carbocycles. The number of Topliss-reactive ketones (excluding diaryl/α,β-unsaturated/α-hetero) is 1. The van der Waals surface area contributed by atoms with Gasteiger partial charge in [0.1, 0.15) is 0 Å². The van der Waals surface area contributed by atoms with Gasteiger partial charge in [-0.2, -0.15) is 8.78 Å². The normalized spacial score (nSPS) is 19.3. The summed E-state index contributed by atoms with van der Waals surface area (Å²) in [6.07, 6.45) is 10.3. The highest BCUT2D eigenvalue weighted by molar-refractivity contribution is 6.17. The second-order valence-electron chi connectivity index (χ2n) is 14.8. The first-order valence-electron chi connectivity index (χ1n) is 18.3. The summed E-state index contributed by atoms with van der Waals surface area (Å²) in [7, 11) is 0. The highest BCUT2D eigenvalue weighted by Gasteiger charge is 2.51. The highest BCUT2D eigenvalue weighted by atomic mass is 35.5. The summed E-state index contributed by atoms with van der Waals surface area (Å²) in [5.41, 5.74) is 4.73. The van der Waals surface area contributed by atoms with Crippen molar-refractivity contribution in [2.75, 3.05) is 63.4 Å². The standard InChI is InChI=1S/C41H45ClF4N2O5/c1-39(2)34-21-28(47-23-40(43,44)24-47)10-13-31(34)37(32-14-11-29(22-35(32)39)48-25-41(45,46)26-48)33-20-27(9-12-30(33)38(50)51)36(49)8-7-17-53-19-18-52-16-6-4-3-5-15-42/h9-14,20-22H,3-8,15-19,23-26H2,1-2H3/p+1. The van der Waals surface area contributed by atoms with Gasteiger partial charge in [-0.15, -0.1) is 11.6 Å². The number of allylic oxidation sites excluding steroid dienone is 5. The number of hydrogen-bond donors (Lipinski definition) is 1. The van der Waals surface area contributed by atoms with Crippen LogP contribution in [0.25, 0.3) is 5.57 Å². The van der Waals surface area contributed by atoms with Crippen molar-refractivity contribution in [3.05, 3.63) is 93.6 Å². The zero-order chi connectivity index (χ0) is 38.0. The van der Waals surface area contributed by atoms with Crippen LogP contribution in [-0.4, -0.2) is 97.5 Å². The van der Waals surface area contributed by atoms with E-state index in [4.69, 9.17) is 21.1 Å². The molecule has 284 valence electrons. The van der Waals surface area contributed by atoms with Crippen LogP contribution in [0.4, 0.5) is 23.2 Å². The summed E-state index contributed by atoms with van der Waals surface area (Å²) < 4.78 is 68.4. The van der Waals surface area contributed by atoms with Crippen LogP contribution in [0, 0.1) is 0 Å². The van der Waals surface area contributed by atoms with Gasteiger partial charge in [0.15, 0.2) is 5.78 Å². The van der Waals surface area contributed by atoms with Gasteiger partial charge in [-0.3, -0.25) is 4.79 Å². The van der Waals surface area contributed by atoms with Gasteiger partial charge in [0.05, 0.1) is 31.9 Å². The average Bonchev–Trinajstić information content (AvgIpc) is 3.09. The minimum atomic E-state index is -2.78. The lowest BCUT2D eigenvalue weighted by Crippen LogP contribution is -2.56. The number of halogens is 5. The van der Waals surface area contributed by atoms with Crippen LogP contribution in [-0.2, 0) is 14.9 Å². The van der Waals surface area contributed by atoms with Crippen molar-refractivity contribution in [3.63, 3.8) is 0 Å². The Morgan fingerprint density at radius 2 is 1.55 bits per heavy atom. The fourth-order valence-electron chi connectivity index (χ4n) is 7.46. The third kappa shape index (κ3) is 8.63. The van der Waals surface area contributed by atoms with Gasteiger partial charge in [-0.25, -0.2) is 18.2 Å². The summed E-state index contributed by atoms with van der Waals surface area (Å²) in [4.78, 5) is 27.8. The van der Waals surface area contributed by atoms with E-state index >= 15 is 0 Å². The number of ketones is 1. The van der Waals surface area contributed by atoms with Crippen LogP contribution in [0.1, 0.15) is 89.8 Å². The van der Waals surface area contributed by atoms with E-state index in [2.05, 4.69) is 0 Å². The lowest BCUT2D eigenvalue weighted by atomic mass is 9.64. The quantitative estimate of drug-likeness (QED) is 0.0575. The Morgan fingerprint density at radius 3 is 2.21 bits per heavy atom. The topological polar surface area (TPSA) is 79.1 Å². The van der Waals surface area contributed by atoms with Crippen molar-refractivity contribution in [1.29, 1.82) is 0 Å². The number of aromatic carboxylic acids is 1. The number of anilines is 1. The number of alkyl halides is 5. The van der Waals surface area contributed by atoms with Crippen LogP contribution < -0.4 is 4.90 Å². The molecule has 0 spiro atoms. The second-order valence-corrected chi connectivity index (χ2v) is 15.2. The molecule has 2 aromatic carbocycles. The van der Waals surface area contributed by atoms with E-state index in [9.17, 15) is 32.3 Å². The lowest BCUT2D eigenvalue weighted by molar-refractivity contribution is -0.638. The van der Waals surface area contributed by atoms with E-state index in [1.165, 1.54) is 12.1 Å². The molecule has 7 nitrogen and oxygen atoms in total. The Morgan fingerprint density at radius 1 is 0.849 bits per heavy atom. The number of ether oxygens (including phenoxy) is 2. The number of carboxylic acid groups (broad SMARTS) is 1. The lowest BCUT2D eigenvalue weighted by Gasteiger charge is -2.43. The van der Waals surface area contributed by atoms with Gasteiger partial charge < -0.3 is 19.5 Å². The maximum atomic E-state index is 13.9. The summed E-state index contributed by atoms with van der Waals surface area (Å²) in [6.45, 7) is 4.27. The Balaban J connectivity index is 1.27. The number of rotatable bonds is 17. The first kappa shape index (κ1) is 38.9. The van der Waals surface area contributed by atoms with Gasteiger partial charge in [-0.05, 0) is 83.0 Å². The predicted molar refractivity (Wildman–Crippen MR) is 198 cm³/mol. The minimum absolute atomic E-state index is 0.00606. The van der Waals surface area contributed by atoms with Crippen LogP contribution in [0.5, 0.6) is 0 Å². The van der Waals surface area contributed by atoms with E-state index in [-0.39, 0.29) is 17.8 Å². The molecule has 53 heavy (non-hydrogen) atoms. The molecule has 0 radical (unpaired) electrons. The Labute approximate surface area is 312 Å². The number of hydrogen-bond acceptors (Lipinski definition) is 5. The molecule has 2 aliphatic heterocycles. The molecule has 0 unspecified atom stereocenters. The zero-order valence-electron chi connectivity index (χ0n) is 30.2. The van der Waals surface area contributed by atoms with Crippen molar-refractivity contribution in [2.24, 2.45) is 0 Å². The summed E-state index contributed by atoms with van der Waals surface area (Å²) >= 11 is 5.70. The van der Waals surface area contributed by atoms with Crippen molar-refractivity contribution >= 4 is 40.3 Å². The molecule has 4 aliphatic rings. The van der Waals surface area contributed by atoms with Crippen molar-refractivity contribution in [3.8, 4) is 0 Å². The van der Waals surface area contributed by atoms with Gasteiger partial charge in [0.25, 0.3) is 5.92 Å². The van der Waals surface area contributed by atoms with Crippen LogP contribution in [0.15, 0.2) is 65.8 Å². The first-order chi connectivity index (χ1) is 25.2. The molecule has 12 heteroatoms. The number of carboxylic acids is 1. The molecule has 0 atom stereocenters. The summed E-state index contributed by atoms with van der Waals surface area (Å²) in [5.74, 6) is -6.23. The van der Waals surface area contributed by atoms with Crippen LogP contribution >= 0.6 is 11.6 Å². The SMILES string of the molecule is CC1(C)C2=CC(=[N+]3CC(F)(F)C3)C=CC2=C(c2cc(C(=O)CCCOCCOCCCCCCCl)ccc2C(=O)O)c2ccc(N3CC(F)(F)C3)cc21. The monoisotopic (exact) mass is 757 g/mol. The number of carbonyl (C=O) groups is 2. The molecular weight excluding hydrogens is 712 g/mol. The maximum Gasteiger partial charge on any atom is 0.361 e. The molecule has 0 amide bonds. The smallest absolute Gasteiger partial charge is 0.361 e. The molecule has 6 rings (SSSR count). The fourth-order valence-corrected chi connectivity index (χ4v) is 7.65. The van der Waals surface area contributed by atoms with Crippen molar-refractivity contribution in [1.82, 2.24) is 0 Å². The number of carbonyl (C=O) groups excluding carboxylic acids is 1. The van der Waals surface area contributed by atoms with Crippen LogP contribution in [0.3, 0.4) is 0 Å². The van der Waals surface area contributed by atoms with E-state index in [1.807, 2.05) is 38.1 Å². The molecule has 2 aliphatic carbocycles. The van der Waals surface area contributed by atoms with Crippen molar-refractivity contribution in [2.45, 2.75) is 69.6 Å². The number of unbranched alkanes of at least 4 members (excludes halogenated alkanes) is 3.